The van der Waals surface area contributed by atoms with Crippen LogP contribution in [0.2, 0.25) is 0 Å². The summed E-state index contributed by atoms with van der Waals surface area (Å²) in [4.78, 5) is 27.0. The third-order valence-corrected chi connectivity index (χ3v) is 5.24. The molecule has 0 aliphatic carbocycles. The Bertz CT molecular complexity index is 990. The zero-order valence-electron chi connectivity index (χ0n) is 16.0. The van der Waals surface area contributed by atoms with Crippen LogP contribution >= 0.6 is 0 Å². The zero-order valence-corrected chi connectivity index (χ0v) is 16.0. The van der Waals surface area contributed by atoms with Crippen molar-refractivity contribution in [3.05, 3.63) is 77.5 Å². The summed E-state index contributed by atoms with van der Waals surface area (Å²) in [5.41, 5.74) is 3.37. The quantitative estimate of drug-likeness (QED) is 0.742. The molecule has 4 rings (SSSR count). The minimum absolute atomic E-state index is 0.0276. The first-order chi connectivity index (χ1) is 13.5. The Morgan fingerprint density at radius 3 is 2.68 bits per heavy atom. The highest BCUT2D eigenvalue weighted by atomic mass is 16.3. The van der Waals surface area contributed by atoms with Gasteiger partial charge in [0.2, 0.25) is 5.91 Å². The summed E-state index contributed by atoms with van der Waals surface area (Å²) in [6.07, 6.45) is 1.96. The summed E-state index contributed by atoms with van der Waals surface area (Å²) in [7, 11) is 0. The van der Waals surface area contributed by atoms with E-state index in [2.05, 4.69) is 9.88 Å². The monoisotopic (exact) mass is 377 g/mol. The molecule has 1 N–H and O–H groups in total. The van der Waals surface area contributed by atoms with E-state index in [-0.39, 0.29) is 17.9 Å². The minimum Gasteiger partial charge on any atom is -0.467 e. The van der Waals surface area contributed by atoms with Crippen LogP contribution in [0.1, 0.15) is 33.9 Å². The Kier molecular flexibility index (Phi) is 4.77. The number of hydrogen-bond donors (Lipinski definition) is 1. The van der Waals surface area contributed by atoms with E-state index in [1.165, 1.54) is 0 Å². The molecule has 1 saturated heterocycles. The van der Waals surface area contributed by atoms with Crippen molar-refractivity contribution in [3.8, 4) is 0 Å². The van der Waals surface area contributed by atoms with Crippen LogP contribution in [-0.4, -0.2) is 29.0 Å². The van der Waals surface area contributed by atoms with Crippen molar-refractivity contribution in [1.82, 2.24) is 9.88 Å². The molecule has 0 saturated carbocycles. The fourth-order valence-corrected chi connectivity index (χ4v) is 3.76. The predicted octanol–water partition coefficient (Wildman–Crippen LogP) is 3.28. The molecule has 0 bridgehead atoms. The van der Waals surface area contributed by atoms with Crippen LogP contribution in [0.3, 0.4) is 0 Å². The van der Waals surface area contributed by atoms with Gasteiger partial charge in [0.15, 0.2) is 0 Å². The maximum absolute atomic E-state index is 12.9. The largest absolute Gasteiger partial charge is 0.467 e. The molecule has 6 heteroatoms. The molecule has 1 fully saturated rings. The first kappa shape index (κ1) is 18.1. The standard InChI is InChI=1S/C22H23N3O3/c1-15-11-20(16(2)24(15)14-19-9-6-10-28-19)22(27)23-17-12-21(26)25(13-17)18-7-4-3-5-8-18/h3-11,17H,12-14H2,1-2H3,(H,23,27)/t17-/m1/s1. The van der Waals surface area contributed by atoms with Gasteiger partial charge < -0.3 is 19.2 Å². The average Bonchev–Trinajstić information content (AvgIpc) is 3.39. The van der Waals surface area contributed by atoms with Crippen molar-refractivity contribution < 1.29 is 14.0 Å². The van der Waals surface area contributed by atoms with Crippen LogP contribution in [0.4, 0.5) is 5.69 Å². The Morgan fingerprint density at radius 1 is 1.18 bits per heavy atom. The normalized spacial score (nSPS) is 16.6. The third kappa shape index (κ3) is 3.45. The van der Waals surface area contributed by atoms with Gasteiger partial charge in [-0.25, -0.2) is 0 Å². The number of carbonyl (C=O) groups is 2. The van der Waals surface area contributed by atoms with E-state index < -0.39 is 0 Å². The number of para-hydroxylation sites is 1. The summed E-state index contributed by atoms with van der Waals surface area (Å²) in [5.74, 6) is 0.722. The van der Waals surface area contributed by atoms with Crippen molar-refractivity contribution in [1.29, 1.82) is 0 Å². The van der Waals surface area contributed by atoms with E-state index in [4.69, 9.17) is 4.42 Å². The lowest BCUT2D eigenvalue weighted by atomic mass is 10.2. The lowest BCUT2D eigenvalue weighted by Gasteiger charge is -2.17. The molecule has 0 spiro atoms. The van der Waals surface area contributed by atoms with Gasteiger partial charge in [-0.3, -0.25) is 9.59 Å². The van der Waals surface area contributed by atoms with Crippen LogP contribution in [0.5, 0.6) is 0 Å². The number of benzene rings is 1. The fraction of sp³-hybridized carbons (Fsp3) is 0.273. The molecule has 144 valence electrons. The molecule has 3 heterocycles. The van der Waals surface area contributed by atoms with Gasteiger partial charge in [-0.05, 0) is 44.2 Å². The van der Waals surface area contributed by atoms with Crippen molar-refractivity contribution in [2.45, 2.75) is 32.9 Å². The second kappa shape index (κ2) is 7.38. The summed E-state index contributed by atoms with van der Waals surface area (Å²) in [6, 6.07) is 15.0. The number of carbonyl (C=O) groups excluding carboxylic acids is 2. The van der Waals surface area contributed by atoms with Gasteiger partial charge in [0.1, 0.15) is 5.76 Å². The molecule has 1 aliphatic heterocycles. The smallest absolute Gasteiger partial charge is 0.253 e. The van der Waals surface area contributed by atoms with Crippen molar-refractivity contribution in [2.75, 3.05) is 11.4 Å². The second-order valence-corrected chi connectivity index (χ2v) is 7.16. The fourth-order valence-electron chi connectivity index (χ4n) is 3.76. The van der Waals surface area contributed by atoms with Gasteiger partial charge in [-0.15, -0.1) is 0 Å². The maximum Gasteiger partial charge on any atom is 0.253 e. The minimum atomic E-state index is -0.201. The summed E-state index contributed by atoms with van der Waals surface area (Å²) in [6.45, 7) is 4.98. The number of amides is 2. The SMILES string of the molecule is Cc1cc(C(=O)N[C@@H]2CC(=O)N(c3ccccc3)C2)c(C)n1Cc1ccco1. The highest BCUT2D eigenvalue weighted by Crippen LogP contribution is 2.22. The maximum atomic E-state index is 12.9. The van der Waals surface area contributed by atoms with Crippen LogP contribution < -0.4 is 10.2 Å². The summed E-state index contributed by atoms with van der Waals surface area (Å²) in [5, 5.41) is 3.03. The topological polar surface area (TPSA) is 67.5 Å². The molecule has 1 aromatic carbocycles. The molecule has 1 aliphatic rings. The number of nitrogens with zero attached hydrogens (tertiary/aromatic N) is 2. The average molecular weight is 377 g/mol. The molecule has 2 aromatic heterocycles. The summed E-state index contributed by atoms with van der Waals surface area (Å²) < 4.78 is 7.49. The van der Waals surface area contributed by atoms with Crippen molar-refractivity contribution in [2.24, 2.45) is 0 Å². The van der Waals surface area contributed by atoms with E-state index in [1.807, 2.05) is 62.4 Å². The molecule has 6 nitrogen and oxygen atoms in total. The lowest BCUT2D eigenvalue weighted by Crippen LogP contribution is -2.37. The van der Waals surface area contributed by atoms with Gasteiger partial charge in [0.05, 0.1) is 24.4 Å². The molecule has 0 unspecified atom stereocenters. The number of aryl methyl sites for hydroxylation is 1. The van der Waals surface area contributed by atoms with Crippen LogP contribution in [0, 0.1) is 13.8 Å². The van der Waals surface area contributed by atoms with Gasteiger partial charge in [-0.2, -0.15) is 0 Å². The molecular formula is C22H23N3O3. The molecule has 3 aromatic rings. The predicted molar refractivity (Wildman–Crippen MR) is 106 cm³/mol. The Labute approximate surface area is 163 Å². The second-order valence-electron chi connectivity index (χ2n) is 7.16. The van der Waals surface area contributed by atoms with Crippen LogP contribution in [-0.2, 0) is 11.3 Å². The third-order valence-electron chi connectivity index (χ3n) is 5.24. The number of aromatic nitrogens is 1. The van der Waals surface area contributed by atoms with E-state index in [0.717, 1.165) is 22.8 Å². The van der Waals surface area contributed by atoms with Gasteiger partial charge >= 0.3 is 0 Å². The highest BCUT2D eigenvalue weighted by Gasteiger charge is 2.32. The molecule has 28 heavy (non-hydrogen) atoms. The number of furan rings is 1. The Hall–Kier alpha value is -3.28. The summed E-state index contributed by atoms with van der Waals surface area (Å²) >= 11 is 0. The van der Waals surface area contributed by atoms with E-state index in [1.54, 1.807) is 11.2 Å². The van der Waals surface area contributed by atoms with Crippen LogP contribution in [0.15, 0.2) is 59.2 Å². The van der Waals surface area contributed by atoms with E-state index in [9.17, 15) is 9.59 Å². The molecule has 1 atom stereocenters. The number of nitrogens with one attached hydrogen (secondary N) is 1. The van der Waals surface area contributed by atoms with Crippen molar-refractivity contribution >= 4 is 17.5 Å². The molecule has 0 radical (unpaired) electrons. The molecular weight excluding hydrogens is 354 g/mol. The lowest BCUT2D eigenvalue weighted by molar-refractivity contribution is -0.117. The zero-order chi connectivity index (χ0) is 19.7. The van der Waals surface area contributed by atoms with E-state index >= 15 is 0 Å². The number of hydrogen-bond acceptors (Lipinski definition) is 3. The van der Waals surface area contributed by atoms with Gasteiger partial charge in [0, 0.05) is 30.0 Å². The molecule has 2 amide bonds. The van der Waals surface area contributed by atoms with Crippen LogP contribution in [0.25, 0.3) is 0 Å². The first-order valence-corrected chi connectivity index (χ1v) is 9.38. The van der Waals surface area contributed by atoms with Crippen molar-refractivity contribution in [3.63, 3.8) is 0 Å². The Morgan fingerprint density at radius 2 is 1.96 bits per heavy atom. The first-order valence-electron chi connectivity index (χ1n) is 9.38. The van der Waals surface area contributed by atoms with E-state index in [0.29, 0.717) is 25.1 Å². The highest BCUT2D eigenvalue weighted by molar-refractivity contribution is 5.99. The Balaban J connectivity index is 1.46. The van der Waals surface area contributed by atoms with Gasteiger partial charge in [0.25, 0.3) is 5.91 Å². The number of rotatable bonds is 5. The number of anilines is 1. The van der Waals surface area contributed by atoms with Gasteiger partial charge in [-0.1, -0.05) is 18.2 Å².